The van der Waals surface area contributed by atoms with E-state index in [4.69, 9.17) is 28.4 Å². The van der Waals surface area contributed by atoms with Crippen LogP contribution in [0, 0.1) is 17.8 Å². The number of carbonyl (C=O) groups is 1. The van der Waals surface area contributed by atoms with Gasteiger partial charge in [-0.2, -0.15) is 25.9 Å². The van der Waals surface area contributed by atoms with Gasteiger partial charge in [0.2, 0.25) is 0 Å². The fourth-order valence-corrected chi connectivity index (χ4v) is 12.3. The second-order valence-corrected chi connectivity index (χ2v) is 23.3. The van der Waals surface area contributed by atoms with E-state index in [1.807, 2.05) is 6.92 Å². The van der Waals surface area contributed by atoms with Crippen LogP contribution in [0.5, 0.6) is 0 Å². The number of likely N-dealkylation sites (tertiary alicyclic amines) is 1. The lowest BCUT2D eigenvalue weighted by atomic mass is 9.74. The van der Waals surface area contributed by atoms with Crippen molar-refractivity contribution in [3.63, 3.8) is 0 Å². The minimum absolute atomic E-state index is 0.00483. The Morgan fingerprint density at radius 2 is 1.56 bits per heavy atom. The molecule has 22 heteroatoms. The molecule has 0 amide bonds. The molecule has 4 aliphatic rings. The van der Waals surface area contributed by atoms with Crippen LogP contribution in [0.2, 0.25) is 0 Å². The number of methoxy groups -OCH3 is 1. The summed E-state index contributed by atoms with van der Waals surface area (Å²) in [6.07, 6.45) is -12.7. The van der Waals surface area contributed by atoms with Gasteiger partial charge in [0.25, 0.3) is 0 Å². The van der Waals surface area contributed by atoms with Crippen molar-refractivity contribution in [2.24, 2.45) is 17.8 Å². The quantitative estimate of drug-likeness (QED) is 0.146. The molecule has 4 heterocycles. The van der Waals surface area contributed by atoms with Crippen LogP contribution >= 0.6 is 0 Å². The van der Waals surface area contributed by atoms with Gasteiger partial charge in [0.15, 0.2) is 12.6 Å². The normalized spacial score (nSPS) is 42.2. The number of carbonyl (C=O) groups excluding carboxylic acids is 1. The number of nitrogens with one attached hydrogen (secondary N) is 2. The monoisotopic (exact) mass is 1040 g/mol. The number of aliphatic hydroxyl groups is 5. The number of anilines is 1. The van der Waals surface area contributed by atoms with Crippen molar-refractivity contribution in [2.75, 3.05) is 45.1 Å². The third-order valence-corrected chi connectivity index (χ3v) is 17.3. The van der Waals surface area contributed by atoms with Gasteiger partial charge in [-0.1, -0.05) is 27.2 Å². The Hall–Kier alpha value is -2.29. The molecule has 4 fully saturated rings. The molecule has 0 saturated carbocycles. The third kappa shape index (κ3) is 13.6. The molecule has 0 bridgehead atoms. The largest absolute Gasteiger partial charge is 0.459 e. The van der Waals surface area contributed by atoms with Gasteiger partial charge in [-0.25, -0.2) is 0 Å². The molecular weight excluding hydrogens is 958 g/mol. The van der Waals surface area contributed by atoms with Gasteiger partial charge in [0.1, 0.15) is 35.1 Å². The van der Waals surface area contributed by atoms with Gasteiger partial charge in [-0.3, -0.25) is 9.52 Å². The summed E-state index contributed by atoms with van der Waals surface area (Å²) in [6, 6.07) is 1.51. The van der Waals surface area contributed by atoms with E-state index >= 15 is 0 Å². The van der Waals surface area contributed by atoms with E-state index in [2.05, 4.69) is 14.9 Å². The lowest BCUT2D eigenvalue weighted by Gasteiger charge is -2.55. The van der Waals surface area contributed by atoms with E-state index in [1.165, 1.54) is 28.0 Å². The van der Waals surface area contributed by atoms with Gasteiger partial charge in [0, 0.05) is 44.8 Å². The molecule has 1 aromatic rings. The maximum Gasteiger partial charge on any atom is 0.416 e. The van der Waals surface area contributed by atoms with E-state index in [1.54, 1.807) is 48.5 Å². The SMILES string of the molecule is CC[C@H]1OC(=O)[C@H](C)[C@@H](O[C@H]2C[C@@](C)(OC)[C@](O)(CN3CCCCC3)[C@H](C)O2)[C@H](C)[C@@H](O[C@@H]2O[C@H](C)C[C@H](N(C)S(=O)(=O)Nc3ccc(C(F)(F)F)cc3)[C@H]2O)[C@](C)(O)C[C@@H](C)CN[C@H](C)[C@@H](O)[C@]1(C)O. The van der Waals surface area contributed by atoms with Gasteiger partial charge in [-0.05, 0) is 130 Å². The summed E-state index contributed by atoms with van der Waals surface area (Å²) in [5.41, 5.74) is -7.60. The summed E-state index contributed by atoms with van der Waals surface area (Å²) in [6.45, 7) is 18.7. The Bertz CT molecular complexity index is 2000. The van der Waals surface area contributed by atoms with E-state index in [9.17, 15) is 51.9 Å². The number of esters is 1. The minimum Gasteiger partial charge on any atom is -0.459 e. The van der Waals surface area contributed by atoms with Crippen molar-refractivity contribution >= 4 is 21.9 Å². The Morgan fingerprint density at radius 1 is 0.944 bits per heavy atom. The van der Waals surface area contributed by atoms with Crippen LogP contribution in [0.25, 0.3) is 0 Å². The highest BCUT2D eigenvalue weighted by molar-refractivity contribution is 7.90. The van der Waals surface area contributed by atoms with Crippen LogP contribution in [0.4, 0.5) is 18.9 Å². The number of likely N-dealkylation sites (N-methyl/N-ethyl adjacent to an activating group) is 1. The molecule has 7 N–H and O–H groups in total. The standard InChI is InChI=1S/C49H83F3N4O14S/c1-13-37-47(10,61)41(58)32(6)53-26-28(2)24-45(8,60)42(70-44-39(57)36(23-29(3)66-44)55(11)71(63,64)54-35-19-17-34(18-20-35)49(50,51)52)30(4)40(31(5)43(59)68-37)69-38-25-46(9,65-12)48(62,33(7)67-38)27-56-21-15-14-16-22-56/h17-20,28-33,36-42,44,53-54,57-58,60-62H,13-16,21-27H2,1-12H3/t28-,29-,30+,31-,32-,33+,36+,37-,38+,39-,40+,41-,42-,44+,45-,46-,47-,48+/m1/s1. The Morgan fingerprint density at radius 3 is 2.14 bits per heavy atom. The predicted octanol–water partition coefficient (Wildman–Crippen LogP) is 4.16. The van der Waals surface area contributed by atoms with Crippen LogP contribution < -0.4 is 10.0 Å². The molecule has 0 unspecified atom stereocenters. The fourth-order valence-electron chi connectivity index (χ4n) is 11.1. The summed E-state index contributed by atoms with van der Waals surface area (Å²) < 4.78 is 109. The number of benzene rings is 1. The maximum absolute atomic E-state index is 14.6. The lowest BCUT2D eigenvalue weighted by Crippen LogP contribution is -2.70. The number of nitrogens with zero attached hydrogens (tertiary/aromatic N) is 2. The summed E-state index contributed by atoms with van der Waals surface area (Å²) in [5, 5.41) is 63.8. The molecule has 0 spiro atoms. The van der Waals surface area contributed by atoms with Crippen molar-refractivity contribution in [3.05, 3.63) is 29.8 Å². The molecule has 0 aliphatic carbocycles. The number of cyclic esters (lactones) is 1. The number of piperidine rings is 1. The first-order valence-electron chi connectivity index (χ1n) is 25.1. The van der Waals surface area contributed by atoms with E-state index in [0.29, 0.717) is 0 Å². The summed E-state index contributed by atoms with van der Waals surface area (Å²) >= 11 is 0. The number of β-amino-alcohol motifs (C(OH)–C–C–N with tert-alkyl or cyclic N) is 1. The molecule has 5 rings (SSSR count). The van der Waals surface area contributed by atoms with Crippen LogP contribution in [0.3, 0.4) is 0 Å². The van der Waals surface area contributed by atoms with E-state index in [0.717, 1.165) is 60.9 Å². The number of halogens is 3. The van der Waals surface area contributed by atoms with Crippen molar-refractivity contribution in [1.82, 2.24) is 14.5 Å². The number of hydrogen-bond donors (Lipinski definition) is 7. The van der Waals surface area contributed by atoms with Gasteiger partial charge < -0.3 is 64.2 Å². The second-order valence-electron chi connectivity index (χ2n) is 21.6. The topological polar surface area (TPSA) is 238 Å². The van der Waals surface area contributed by atoms with Crippen molar-refractivity contribution in [2.45, 2.75) is 210 Å². The Labute approximate surface area is 418 Å². The average Bonchev–Trinajstić information content (AvgIpc) is 3.29. The van der Waals surface area contributed by atoms with E-state index in [-0.39, 0.29) is 50.4 Å². The first kappa shape index (κ1) is 59.6. The van der Waals surface area contributed by atoms with Crippen LogP contribution in [0.1, 0.15) is 120 Å². The van der Waals surface area contributed by atoms with E-state index < -0.39 is 130 Å². The zero-order valence-corrected chi connectivity index (χ0v) is 44.3. The summed E-state index contributed by atoms with van der Waals surface area (Å²) in [5.74, 6) is -3.38. The molecule has 71 heavy (non-hydrogen) atoms. The van der Waals surface area contributed by atoms with Gasteiger partial charge >= 0.3 is 22.4 Å². The molecule has 18 atom stereocenters. The third-order valence-electron chi connectivity index (χ3n) is 15.7. The summed E-state index contributed by atoms with van der Waals surface area (Å²) in [7, 11) is -1.82. The van der Waals surface area contributed by atoms with Crippen molar-refractivity contribution in [1.29, 1.82) is 0 Å². The molecule has 4 aliphatic heterocycles. The Balaban J connectivity index is 1.54. The van der Waals surface area contributed by atoms with Crippen LogP contribution in [0.15, 0.2) is 24.3 Å². The second kappa shape index (κ2) is 23.3. The minimum atomic E-state index is -4.64. The average molecular weight is 1040 g/mol. The maximum atomic E-state index is 14.6. The molecule has 410 valence electrons. The van der Waals surface area contributed by atoms with Crippen LogP contribution in [-0.2, 0) is 49.6 Å². The van der Waals surface area contributed by atoms with Crippen molar-refractivity contribution in [3.8, 4) is 0 Å². The van der Waals surface area contributed by atoms with Gasteiger partial charge in [0.05, 0.1) is 47.5 Å². The molecule has 18 nitrogen and oxygen atoms in total. The highest BCUT2D eigenvalue weighted by Crippen LogP contribution is 2.44. The predicted molar refractivity (Wildman–Crippen MR) is 257 cm³/mol. The number of alkyl halides is 3. The van der Waals surface area contributed by atoms with Crippen LogP contribution in [-0.4, -0.2) is 179 Å². The highest BCUT2D eigenvalue weighted by atomic mass is 32.2. The first-order valence-corrected chi connectivity index (χ1v) is 26.5. The molecule has 0 radical (unpaired) electrons. The lowest BCUT2D eigenvalue weighted by molar-refractivity contribution is -0.339. The smallest absolute Gasteiger partial charge is 0.416 e. The van der Waals surface area contributed by atoms with Crippen molar-refractivity contribution < 1.29 is 80.3 Å². The number of hydrogen-bond acceptors (Lipinski definition) is 16. The molecule has 4 saturated heterocycles. The zero-order chi connectivity index (χ0) is 53.2. The number of aliphatic hydroxyl groups excluding tert-OH is 2. The Kier molecular flexibility index (Phi) is 19.6. The number of rotatable bonds is 12. The zero-order valence-electron chi connectivity index (χ0n) is 43.5. The molecular formula is C49H83F3N4O14S. The molecule has 0 aromatic heterocycles. The van der Waals surface area contributed by atoms with Gasteiger partial charge in [-0.15, -0.1) is 0 Å². The first-order chi connectivity index (χ1) is 32.8. The molecule has 1 aromatic carbocycles. The highest BCUT2D eigenvalue weighted by Gasteiger charge is 2.59. The summed E-state index contributed by atoms with van der Waals surface area (Å²) in [4.78, 5) is 16.8. The fraction of sp³-hybridized carbons (Fsp3) is 0.857. The number of ether oxygens (including phenoxy) is 6.